The summed E-state index contributed by atoms with van der Waals surface area (Å²) < 4.78 is 13.3. The van der Waals surface area contributed by atoms with Crippen LogP contribution in [-0.2, 0) is 9.59 Å². The maximum atomic E-state index is 13.3. The van der Waals surface area contributed by atoms with Gasteiger partial charge in [-0.3, -0.25) is 9.59 Å². The number of aryl methyl sites for hydroxylation is 1. The summed E-state index contributed by atoms with van der Waals surface area (Å²) in [5, 5.41) is 2.79. The fraction of sp³-hybridized carbons (Fsp3) is 0.222. The van der Waals surface area contributed by atoms with Crippen LogP contribution < -0.4 is 10.2 Å². The standard InChI is InChI=1S/C18H16ClFN2O2/c1-11-3-2-4-13(7-11)21-18(24)12-8-17(23)22(10-12)14-5-6-16(20)15(19)9-14/h2-7,9,12H,8,10H2,1H3,(H,21,24). The van der Waals surface area contributed by atoms with E-state index in [-0.39, 0.29) is 29.8 Å². The maximum absolute atomic E-state index is 13.3. The van der Waals surface area contributed by atoms with Gasteiger partial charge in [0.25, 0.3) is 0 Å². The summed E-state index contributed by atoms with van der Waals surface area (Å²) in [6.45, 7) is 2.19. The van der Waals surface area contributed by atoms with Crippen LogP contribution in [0.2, 0.25) is 5.02 Å². The van der Waals surface area contributed by atoms with Crippen LogP contribution in [0.1, 0.15) is 12.0 Å². The van der Waals surface area contributed by atoms with Gasteiger partial charge < -0.3 is 10.2 Å². The maximum Gasteiger partial charge on any atom is 0.229 e. The third kappa shape index (κ3) is 3.41. The smallest absolute Gasteiger partial charge is 0.229 e. The summed E-state index contributed by atoms with van der Waals surface area (Å²) in [6.07, 6.45) is 0.118. The first kappa shape index (κ1) is 16.5. The number of nitrogens with one attached hydrogen (secondary N) is 1. The fourth-order valence-corrected chi connectivity index (χ4v) is 2.93. The highest BCUT2D eigenvalue weighted by atomic mass is 35.5. The first-order chi connectivity index (χ1) is 11.4. The Kier molecular flexibility index (Phi) is 4.53. The van der Waals surface area contributed by atoms with Crippen molar-refractivity contribution in [3.63, 3.8) is 0 Å². The Morgan fingerprint density at radius 3 is 2.79 bits per heavy atom. The number of nitrogens with zero attached hydrogens (tertiary/aromatic N) is 1. The van der Waals surface area contributed by atoms with Gasteiger partial charge in [-0.25, -0.2) is 4.39 Å². The van der Waals surface area contributed by atoms with E-state index in [1.165, 1.54) is 23.1 Å². The summed E-state index contributed by atoms with van der Waals surface area (Å²) in [4.78, 5) is 26.1. The molecule has 2 aromatic rings. The summed E-state index contributed by atoms with van der Waals surface area (Å²) in [5.74, 6) is -1.38. The fourth-order valence-electron chi connectivity index (χ4n) is 2.75. The van der Waals surface area contributed by atoms with E-state index in [1.807, 2.05) is 25.1 Å². The van der Waals surface area contributed by atoms with Crippen LogP contribution in [0.25, 0.3) is 0 Å². The van der Waals surface area contributed by atoms with E-state index in [1.54, 1.807) is 6.07 Å². The number of carbonyl (C=O) groups excluding carboxylic acids is 2. The van der Waals surface area contributed by atoms with Crippen LogP contribution in [0.5, 0.6) is 0 Å². The van der Waals surface area contributed by atoms with E-state index in [0.29, 0.717) is 11.4 Å². The Morgan fingerprint density at radius 1 is 1.29 bits per heavy atom. The van der Waals surface area contributed by atoms with E-state index >= 15 is 0 Å². The van der Waals surface area contributed by atoms with Crippen molar-refractivity contribution in [2.45, 2.75) is 13.3 Å². The van der Waals surface area contributed by atoms with Gasteiger partial charge in [-0.1, -0.05) is 23.7 Å². The molecule has 1 atom stereocenters. The quantitative estimate of drug-likeness (QED) is 0.919. The largest absolute Gasteiger partial charge is 0.326 e. The normalized spacial score (nSPS) is 17.2. The molecule has 0 spiro atoms. The van der Waals surface area contributed by atoms with Crippen molar-refractivity contribution in [2.75, 3.05) is 16.8 Å². The Balaban J connectivity index is 1.72. The predicted molar refractivity (Wildman–Crippen MR) is 91.7 cm³/mol. The number of halogens is 2. The van der Waals surface area contributed by atoms with E-state index in [9.17, 15) is 14.0 Å². The van der Waals surface area contributed by atoms with Crippen LogP contribution in [0, 0.1) is 18.7 Å². The molecule has 1 aliphatic rings. The van der Waals surface area contributed by atoms with Crippen molar-refractivity contribution < 1.29 is 14.0 Å². The molecule has 4 nitrogen and oxygen atoms in total. The van der Waals surface area contributed by atoms with E-state index < -0.39 is 11.7 Å². The number of anilines is 2. The zero-order valence-corrected chi connectivity index (χ0v) is 13.8. The van der Waals surface area contributed by atoms with Crippen LogP contribution in [0.15, 0.2) is 42.5 Å². The summed E-state index contributed by atoms with van der Waals surface area (Å²) in [6, 6.07) is 11.6. The molecule has 2 amide bonds. The van der Waals surface area contributed by atoms with E-state index in [4.69, 9.17) is 11.6 Å². The second-order valence-electron chi connectivity index (χ2n) is 5.86. The lowest BCUT2D eigenvalue weighted by molar-refractivity contribution is -0.122. The van der Waals surface area contributed by atoms with Crippen molar-refractivity contribution in [2.24, 2.45) is 5.92 Å². The molecule has 0 aliphatic carbocycles. The van der Waals surface area contributed by atoms with Gasteiger partial charge in [-0.15, -0.1) is 0 Å². The van der Waals surface area contributed by atoms with Crippen molar-refractivity contribution in [1.29, 1.82) is 0 Å². The Morgan fingerprint density at radius 2 is 2.08 bits per heavy atom. The highest BCUT2D eigenvalue weighted by molar-refractivity contribution is 6.31. The van der Waals surface area contributed by atoms with Gasteiger partial charge >= 0.3 is 0 Å². The summed E-state index contributed by atoms with van der Waals surface area (Å²) in [7, 11) is 0. The second kappa shape index (κ2) is 6.61. The molecule has 0 aromatic heterocycles. The number of benzene rings is 2. The van der Waals surface area contributed by atoms with E-state index in [0.717, 1.165) is 5.56 Å². The van der Waals surface area contributed by atoms with Crippen molar-refractivity contribution in [1.82, 2.24) is 0 Å². The number of amides is 2. The molecular weight excluding hydrogens is 331 g/mol. The molecule has 1 unspecified atom stereocenters. The molecular formula is C18H16ClFN2O2. The lowest BCUT2D eigenvalue weighted by Gasteiger charge is -2.17. The number of hydrogen-bond donors (Lipinski definition) is 1. The minimum atomic E-state index is -0.541. The van der Waals surface area contributed by atoms with E-state index in [2.05, 4.69) is 5.32 Å². The lowest BCUT2D eigenvalue weighted by atomic mass is 10.1. The lowest BCUT2D eigenvalue weighted by Crippen LogP contribution is -2.28. The molecule has 0 saturated carbocycles. The topological polar surface area (TPSA) is 49.4 Å². The highest BCUT2D eigenvalue weighted by Crippen LogP contribution is 2.29. The molecule has 1 fully saturated rings. The molecule has 1 N–H and O–H groups in total. The zero-order valence-electron chi connectivity index (χ0n) is 13.1. The van der Waals surface area contributed by atoms with Gasteiger partial charge in [-0.2, -0.15) is 0 Å². The van der Waals surface area contributed by atoms with Gasteiger partial charge in [0.2, 0.25) is 11.8 Å². The zero-order chi connectivity index (χ0) is 17.3. The molecule has 1 heterocycles. The average molecular weight is 347 g/mol. The molecule has 24 heavy (non-hydrogen) atoms. The highest BCUT2D eigenvalue weighted by Gasteiger charge is 2.35. The molecule has 1 aliphatic heterocycles. The first-order valence-electron chi connectivity index (χ1n) is 7.57. The first-order valence-corrected chi connectivity index (χ1v) is 7.95. The minimum Gasteiger partial charge on any atom is -0.326 e. The third-order valence-electron chi connectivity index (χ3n) is 4.00. The minimum absolute atomic E-state index is 0.0482. The van der Waals surface area contributed by atoms with Crippen LogP contribution in [0.3, 0.4) is 0 Å². The number of carbonyl (C=O) groups is 2. The van der Waals surface area contributed by atoms with Gasteiger partial charge in [0.15, 0.2) is 0 Å². The van der Waals surface area contributed by atoms with Crippen molar-refractivity contribution in [3.8, 4) is 0 Å². The molecule has 0 bridgehead atoms. The number of hydrogen-bond acceptors (Lipinski definition) is 2. The van der Waals surface area contributed by atoms with Gasteiger partial charge in [0.05, 0.1) is 10.9 Å². The molecule has 124 valence electrons. The monoisotopic (exact) mass is 346 g/mol. The SMILES string of the molecule is Cc1cccc(NC(=O)C2CC(=O)N(c3ccc(F)c(Cl)c3)C2)c1. The Hall–Kier alpha value is -2.40. The third-order valence-corrected chi connectivity index (χ3v) is 4.29. The molecule has 0 radical (unpaired) electrons. The Labute approximate surface area is 144 Å². The van der Waals surface area contributed by atoms with Crippen LogP contribution in [-0.4, -0.2) is 18.4 Å². The van der Waals surface area contributed by atoms with Gasteiger partial charge in [0, 0.05) is 24.3 Å². The van der Waals surface area contributed by atoms with Gasteiger partial charge in [0.1, 0.15) is 5.82 Å². The van der Waals surface area contributed by atoms with Gasteiger partial charge in [-0.05, 0) is 42.8 Å². The number of rotatable bonds is 3. The molecule has 1 saturated heterocycles. The second-order valence-corrected chi connectivity index (χ2v) is 6.27. The molecule has 2 aromatic carbocycles. The van der Waals surface area contributed by atoms with Crippen LogP contribution >= 0.6 is 11.6 Å². The Bertz CT molecular complexity index is 809. The summed E-state index contributed by atoms with van der Waals surface area (Å²) in [5.41, 5.74) is 2.24. The average Bonchev–Trinajstić information content (AvgIpc) is 2.92. The summed E-state index contributed by atoms with van der Waals surface area (Å²) >= 11 is 5.77. The molecule has 3 rings (SSSR count). The molecule has 6 heteroatoms. The van der Waals surface area contributed by atoms with Crippen LogP contribution in [0.4, 0.5) is 15.8 Å². The van der Waals surface area contributed by atoms with Crippen molar-refractivity contribution >= 4 is 34.8 Å². The predicted octanol–water partition coefficient (Wildman–Crippen LogP) is 3.78. The van der Waals surface area contributed by atoms with Crippen molar-refractivity contribution in [3.05, 3.63) is 58.9 Å².